The van der Waals surface area contributed by atoms with Gasteiger partial charge < -0.3 is 25.2 Å². The molecule has 1 unspecified atom stereocenters. The molecule has 3 fully saturated rings. The highest BCUT2D eigenvalue weighted by Gasteiger charge is 2.42. The summed E-state index contributed by atoms with van der Waals surface area (Å²) in [5.74, 6) is 0.0584. The highest BCUT2D eigenvalue weighted by Crippen LogP contribution is 2.31. The van der Waals surface area contributed by atoms with E-state index in [1.54, 1.807) is 18.3 Å². The number of fused-ring (bicyclic) bond motifs is 1. The topological polar surface area (TPSA) is 135 Å². The highest BCUT2D eigenvalue weighted by molar-refractivity contribution is 6.23. The van der Waals surface area contributed by atoms with E-state index in [2.05, 4.69) is 30.3 Å². The molecule has 2 saturated heterocycles. The molecule has 0 radical (unpaired) electrons. The molecule has 12 nitrogen and oxygen atoms in total. The summed E-state index contributed by atoms with van der Waals surface area (Å²) in [6.45, 7) is 6.38. The van der Waals surface area contributed by atoms with E-state index >= 15 is 0 Å². The number of pyridine rings is 1. The molecule has 3 aliphatic heterocycles. The second-order valence-corrected chi connectivity index (χ2v) is 13.5. The van der Waals surface area contributed by atoms with Crippen molar-refractivity contribution >= 4 is 41.4 Å². The SMILES string of the molecule is CNC(=O)C(CCC=O)N1C(=O)c2ccc(N3CCN(CC4CCN(c5ccc(C(=O)NC6CCCCC6)cn5)CC4)CC3)cc2C1=O. The van der Waals surface area contributed by atoms with Gasteiger partial charge in [-0.1, -0.05) is 19.3 Å². The van der Waals surface area contributed by atoms with Crippen molar-refractivity contribution in [2.24, 2.45) is 5.92 Å². The Morgan fingerprint density at radius 1 is 0.896 bits per heavy atom. The van der Waals surface area contributed by atoms with E-state index in [4.69, 9.17) is 0 Å². The number of likely N-dealkylation sites (N-methyl/N-ethyl adjacent to an activating group) is 1. The Hall–Kier alpha value is -4.32. The van der Waals surface area contributed by atoms with Gasteiger partial charge in [-0.05, 0) is 68.4 Å². The number of anilines is 2. The average Bonchev–Trinajstić information content (AvgIpc) is 3.37. The van der Waals surface area contributed by atoms with E-state index in [-0.39, 0.29) is 24.8 Å². The Labute approximate surface area is 282 Å². The Bertz CT molecular complexity index is 1490. The van der Waals surface area contributed by atoms with Crippen LogP contribution in [0.2, 0.25) is 0 Å². The largest absolute Gasteiger partial charge is 0.369 e. The summed E-state index contributed by atoms with van der Waals surface area (Å²) in [5, 5.41) is 5.68. The Morgan fingerprint density at radius 2 is 1.62 bits per heavy atom. The molecular formula is C36H47N7O5. The average molecular weight is 658 g/mol. The van der Waals surface area contributed by atoms with Gasteiger partial charge in [0.25, 0.3) is 17.7 Å². The second-order valence-electron chi connectivity index (χ2n) is 13.5. The van der Waals surface area contributed by atoms with Crippen molar-refractivity contribution in [2.45, 2.75) is 69.9 Å². The van der Waals surface area contributed by atoms with Crippen molar-refractivity contribution in [3.63, 3.8) is 0 Å². The van der Waals surface area contributed by atoms with Crippen molar-refractivity contribution in [3.8, 4) is 0 Å². The zero-order chi connectivity index (χ0) is 33.6. The molecule has 2 N–H and O–H groups in total. The number of benzene rings is 1. The fraction of sp³-hybridized carbons (Fsp3) is 0.556. The van der Waals surface area contributed by atoms with Crippen LogP contribution in [0.15, 0.2) is 36.5 Å². The molecule has 6 rings (SSSR count). The van der Waals surface area contributed by atoms with Crippen LogP contribution < -0.4 is 20.4 Å². The normalized spacial score (nSPS) is 20.1. The lowest BCUT2D eigenvalue weighted by Gasteiger charge is -2.40. The summed E-state index contributed by atoms with van der Waals surface area (Å²) in [6, 6.07) is 8.46. The van der Waals surface area contributed by atoms with Gasteiger partial charge in [-0.25, -0.2) is 4.98 Å². The lowest BCUT2D eigenvalue weighted by Crippen LogP contribution is -2.49. The van der Waals surface area contributed by atoms with Crippen LogP contribution in [-0.4, -0.2) is 110 Å². The number of nitrogens with one attached hydrogen (secondary N) is 2. The van der Waals surface area contributed by atoms with Crippen LogP contribution in [0.5, 0.6) is 0 Å². The van der Waals surface area contributed by atoms with Gasteiger partial charge >= 0.3 is 0 Å². The van der Waals surface area contributed by atoms with Crippen molar-refractivity contribution in [1.29, 1.82) is 0 Å². The van der Waals surface area contributed by atoms with Gasteiger partial charge in [0, 0.05) is 77.2 Å². The maximum Gasteiger partial charge on any atom is 0.262 e. The Balaban J connectivity index is 0.967. The number of nitrogens with zero attached hydrogens (tertiary/aromatic N) is 5. The molecule has 0 bridgehead atoms. The van der Waals surface area contributed by atoms with E-state index in [1.807, 2.05) is 18.2 Å². The predicted molar refractivity (Wildman–Crippen MR) is 182 cm³/mol. The first-order valence-corrected chi connectivity index (χ1v) is 17.5. The number of hydrogen-bond acceptors (Lipinski definition) is 9. The summed E-state index contributed by atoms with van der Waals surface area (Å²) in [6.07, 6.45) is 10.5. The molecule has 4 amide bonds. The molecule has 1 atom stereocenters. The van der Waals surface area contributed by atoms with Crippen LogP contribution >= 0.6 is 0 Å². The number of piperidine rings is 1. The third kappa shape index (κ3) is 7.38. The minimum Gasteiger partial charge on any atom is -0.369 e. The number of rotatable bonds is 11. The number of aromatic nitrogens is 1. The second kappa shape index (κ2) is 15.3. The quantitative estimate of drug-likeness (QED) is 0.276. The molecule has 48 heavy (non-hydrogen) atoms. The lowest BCUT2D eigenvalue weighted by atomic mass is 9.95. The molecule has 12 heteroatoms. The molecule has 1 aromatic heterocycles. The minimum atomic E-state index is -1.02. The molecule has 4 aliphatic rings. The number of aldehydes is 1. The van der Waals surface area contributed by atoms with Gasteiger partial charge in [-0.3, -0.25) is 29.0 Å². The van der Waals surface area contributed by atoms with Crippen LogP contribution in [0.25, 0.3) is 0 Å². The summed E-state index contributed by atoms with van der Waals surface area (Å²) in [7, 11) is 1.45. The fourth-order valence-electron chi connectivity index (χ4n) is 7.62. The van der Waals surface area contributed by atoms with Gasteiger partial charge in [-0.2, -0.15) is 0 Å². The zero-order valence-electron chi connectivity index (χ0n) is 27.9. The maximum absolute atomic E-state index is 13.3. The van der Waals surface area contributed by atoms with Crippen molar-refractivity contribution in [3.05, 3.63) is 53.2 Å². The van der Waals surface area contributed by atoms with Gasteiger partial charge in [-0.15, -0.1) is 0 Å². The minimum absolute atomic E-state index is 0.0235. The Kier molecular flexibility index (Phi) is 10.7. The number of carbonyl (C=O) groups is 5. The van der Waals surface area contributed by atoms with Gasteiger partial charge in [0.1, 0.15) is 18.1 Å². The summed E-state index contributed by atoms with van der Waals surface area (Å²) in [5.41, 5.74) is 2.11. The molecule has 256 valence electrons. The van der Waals surface area contributed by atoms with Crippen LogP contribution in [-0.2, 0) is 9.59 Å². The van der Waals surface area contributed by atoms with Crippen molar-refractivity contribution in [1.82, 2.24) is 25.4 Å². The number of carbonyl (C=O) groups excluding carboxylic acids is 5. The van der Waals surface area contributed by atoms with Crippen LogP contribution in [0.1, 0.15) is 88.9 Å². The van der Waals surface area contributed by atoms with Crippen LogP contribution in [0.3, 0.4) is 0 Å². The van der Waals surface area contributed by atoms with Gasteiger partial charge in [0.05, 0.1) is 16.7 Å². The smallest absolute Gasteiger partial charge is 0.262 e. The molecule has 0 spiro atoms. The van der Waals surface area contributed by atoms with Gasteiger partial charge in [0.15, 0.2) is 0 Å². The summed E-state index contributed by atoms with van der Waals surface area (Å²) >= 11 is 0. The van der Waals surface area contributed by atoms with Crippen molar-refractivity contribution in [2.75, 3.05) is 62.7 Å². The Morgan fingerprint density at radius 3 is 2.29 bits per heavy atom. The first kappa shape index (κ1) is 33.6. The summed E-state index contributed by atoms with van der Waals surface area (Å²) < 4.78 is 0. The number of piperazine rings is 1. The van der Waals surface area contributed by atoms with E-state index in [0.29, 0.717) is 28.9 Å². The molecule has 1 aromatic carbocycles. The van der Waals surface area contributed by atoms with E-state index in [1.165, 1.54) is 26.3 Å². The van der Waals surface area contributed by atoms with Crippen molar-refractivity contribution < 1.29 is 24.0 Å². The van der Waals surface area contributed by atoms with Crippen LogP contribution in [0, 0.1) is 5.92 Å². The first-order valence-electron chi connectivity index (χ1n) is 17.5. The number of hydrogen-bond donors (Lipinski definition) is 2. The zero-order valence-corrected chi connectivity index (χ0v) is 27.9. The monoisotopic (exact) mass is 657 g/mol. The fourth-order valence-corrected chi connectivity index (χ4v) is 7.62. The standard InChI is InChI=1S/C36H47N7O5/c1-37-34(46)31(8-5-21-44)43-35(47)29-11-10-28(22-30(29)36(43)48)41-19-17-40(18-20-41)24-25-13-15-42(16-14-25)32-12-9-26(23-38-32)33(45)39-27-6-3-2-4-7-27/h9-12,21-23,25,27,31H,2-8,13-20,24H2,1H3,(H,37,46)(H,39,45). The molecule has 2 aromatic rings. The first-order chi connectivity index (χ1) is 23.4. The predicted octanol–water partition coefficient (Wildman–Crippen LogP) is 2.87. The van der Waals surface area contributed by atoms with Gasteiger partial charge in [0.2, 0.25) is 5.91 Å². The maximum atomic E-state index is 13.3. The molecule has 1 aliphatic carbocycles. The number of imide groups is 1. The molecule has 4 heterocycles. The van der Waals surface area contributed by atoms with Crippen LogP contribution in [0.4, 0.5) is 11.5 Å². The van der Waals surface area contributed by atoms with E-state index in [0.717, 1.165) is 87.9 Å². The highest BCUT2D eigenvalue weighted by atomic mass is 16.2. The van der Waals surface area contributed by atoms with E-state index in [9.17, 15) is 24.0 Å². The molecular weight excluding hydrogens is 610 g/mol. The number of amides is 4. The third-order valence-corrected chi connectivity index (χ3v) is 10.5. The van der Waals surface area contributed by atoms with E-state index < -0.39 is 23.8 Å². The third-order valence-electron chi connectivity index (χ3n) is 10.5. The lowest BCUT2D eigenvalue weighted by molar-refractivity contribution is -0.124. The summed E-state index contributed by atoms with van der Waals surface area (Å²) in [4.78, 5) is 75.3. The molecule has 1 saturated carbocycles.